The third kappa shape index (κ3) is 2.47. The fourth-order valence-electron chi connectivity index (χ4n) is 2.26. The summed E-state index contributed by atoms with van der Waals surface area (Å²) in [5.74, 6) is -1.73. The number of ketones is 1. The lowest BCUT2D eigenvalue weighted by molar-refractivity contribution is -0.114. The lowest BCUT2D eigenvalue weighted by atomic mass is 10.1. The second kappa shape index (κ2) is 5.24. The second-order valence-electron chi connectivity index (χ2n) is 4.62. The highest BCUT2D eigenvalue weighted by Crippen LogP contribution is 2.33. The molecule has 3 rings (SSSR count). The van der Waals surface area contributed by atoms with Crippen molar-refractivity contribution in [3.05, 3.63) is 62.8 Å². The molecule has 21 heavy (non-hydrogen) atoms. The van der Waals surface area contributed by atoms with Gasteiger partial charge in [-0.25, -0.2) is 4.39 Å². The molecule has 0 atom stereocenters. The number of halogens is 3. The number of hydrogen-bond donors (Lipinski definition) is 0. The molecule has 1 amide bonds. The van der Waals surface area contributed by atoms with Crippen LogP contribution < -0.4 is 4.90 Å². The van der Waals surface area contributed by atoms with Crippen molar-refractivity contribution in [2.45, 2.75) is 6.54 Å². The Balaban J connectivity index is 2.02. The molecule has 1 aliphatic heterocycles. The third-order valence-electron chi connectivity index (χ3n) is 3.27. The van der Waals surface area contributed by atoms with E-state index in [0.717, 1.165) is 0 Å². The van der Waals surface area contributed by atoms with Gasteiger partial charge in [0.1, 0.15) is 5.82 Å². The van der Waals surface area contributed by atoms with Crippen LogP contribution >= 0.6 is 27.5 Å². The molecule has 1 aliphatic rings. The van der Waals surface area contributed by atoms with Gasteiger partial charge in [-0.1, -0.05) is 27.5 Å². The SMILES string of the molecule is O=C1C(=O)N(Cc2cc(Br)ccc2F)c2ccc(Cl)cc21. The van der Waals surface area contributed by atoms with E-state index < -0.39 is 17.5 Å². The largest absolute Gasteiger partial charge is 0.300 e. The van der Waals surface area contributed by atoms with Gasteiger partial charge in [-0.05, 0) is 36.4 Å². The molecule has 0 aliphatic carbocycles. The monoisotopic (exact) mass is 367 g/mol. The molecule has 0 radical (unpaired) electrons. The first-order chi connectivity index (χ1) is 9.97. The van der Waals surface area contributed by atoms with E-state index >= 15 is 0 Å². The summed E-state index contributed by atoms with van der Waals surface area (Å²) in [5, 5.41) is 0.380. The van der Waals surface area contributed by atoms with Crippen LogP contribution in [0.2, 0.25) is 5.02 Å². The number of rotatable bonds is 2. The Morgan fingerprint density at radius 3 is 2.67 bits per heavy atom. The quantitative estimate of drug-likeness (QED) is 0.752. The first-order valence-electron chi connectivity index (χ1n) is 6.07. The molecule has 0 bridgehead atoms. The van der Waals surface area contributed by atoms with Crippen molar-refractivity contribution in [2.24, 2.45) is 0 Å². The molecule has 6 heteroatoms. The van der Waals surface area contributed by atoms with E-state index in [1.165, 1.54) is 17.0 Å². The van der Waals surface area contributed by atoms with Crippen LogP contribution in [-0.2, 0) is 11.3 Å². The molecule has 2 aromatic carbocycles. The molecule has 0 saturated carbocycles. The van der Waals surface area contributed by atoms with Gasteiger partial charge in [-0.3, -0.25) is 9.59 Å². The van der Waals surface area contributed by atoms with Gasteiger partial charge >= 0.3 is 0 Å². The summed E-state index contributed by atoms with van der Waals surface area (Å²) in [6.45, 7) is -0.00945. The van der Waals surface area contributed by atoms with Crippen molar-refractivity contribution in [3.8, 4) is 0 Å². The predicted octanol–water partition coefficient (Wildman–Crippen LogP) is 3.97. The Hall–Kier alpha value is -1.72. The number of carbonyl (C=O) groups is 2. The standard InChI is InChI=1S/C15H8BrClFNO2/c16-9-1-3-12(18)8(5-9)7-19-13-4-2-10(17)6-11(13)14(20)15(19)21/h1-6H,7H2. The van der Waals surface area contributed by atoms with E-state index in [9.17, 15) is 14.0 Å². The Morgan fingerprint density at radius 2 is 1.90 bits per heavy atom. The topological polar surface area (TPSA) is 37.4 Å². The van der Waals surface area contributed by atoms with Crippen molar-refractivity contribution < 1.29 is 14.0 Å². The number of nitrogens with zero attached hydrogens (tertiary/aromatic N) is 1. The van der Waals surface area contributed by atoms with Crippen LogP contribution in [0, 0.1) is 5.82 Å². The molecule has 3 nitrogen and oxygen atoms in total. The Morgan fingerprint density at radius 1 is 1.14 bits per heavy atom. The highest BCUT2D eigenvalue weighted by Gasteiger charge is 2.36. The third-order valence-corrected chi connectivity index (χ3v) is 4.00. The zero-order chi connectivity index (χ0) is 15.1. The molecule has 2 aromatic rings. The van der Waals surface area contributed by atoms with Crippen LogP contribution in [0.25, 0.3) is 0 Å². The predicted molar refractivity (Wildman–Crippen MR) is 81.1 cm³/mol. The van der Waals surface area contributed by atoms with Crippen LogP contribution in [0.5, 0.6) is 0 Å². The summed E-state index contributed by atoms with van der Waals surface area (Å²) >= 11 is 9.10. The fraction of sp³-hybridized carbons (Fsp3) is 0.0667. The molecule has 0 unspecified atom stereocenters. The average Bonchev–Trinajstić information content (AvgIpc) is 2.68. The molecular weight excluding hydrogens is 361 g/mol. The molecule has 0 spiro atoms. The van der Waals surface area contributed by atoms with Gasteiger partial charge in [0.25, 0.3) is 11.7 Å². The number of carbonyl (C=O) groups excluding carboxylic acids is 2. The number of hydrogen-bond acceptors (Lipinski definition) is 2. The first-order valence-corrected chi connectivity index (χ1v) is 7.24. The number of fused-ring (bicyclic) bond motifs is 1. The number of amides is 1. The zero-order valence-corrected chi connectivity index (χ0v) is 12.9. The van der Waals surface area contributed by atoms with Crippen LogP contribution in [0.1, 0.15) is 15.9 Å². The zero-order valence-electron chi connectivity index (χ0n) is 10.6. The minimum atomic E-state index is -0.674. The average molecular weight is 369 g/mol. The summed E-state index contributed by atoms with van der Waals surface area (Å²) in [4.78, 5) is 25.3. The van der Waals surface area contributed by atoms with Crippen LogP contribution in [0.3, 0.4) is 0 Å². The van der Waals surface area contributed by atoms with Crippen molar-refractivity contribution in [1.29, 1.82) is 0 Å². The lowest BCUT2D eigenvalue weighted by Crippen LogP contribution is -2.29. The van der Waals surface area contributed by atoms with E-state index in [1.54, 1.807) is 24.3 Å². The molecule has 0 N–H and O–H groups in total. The molecule has 1 heterocycles. The Kier molecular flexibility index (Phi) is 3.55. The summed E-state index contributed by atoms with van der Waals surface area (Å²) in [5.41, 5.74) is 1.03. The maximum absolute atomic E-state index is 13.8. The van der Waals surface area contributed by atoms with Gasteiger partial charge in [0.15, 0.2) is 0 Å². The van der Waals surface area contributed by atoms with Gasteiger partial charge in [0.05, 0.1) is 17.8 Å². The maximum Gasteiger partial charge on any atom is 0.299 e. The summed E-state index contributed by atoms with van der Waals surface area (Å²) < 4.78 is 14.5. The number of Topliss-reactive ketones (excluding diaryl/α,β-unsaturated/α-hetero) is 1. The van der Waals surface area contributed by atoms with Gasteiger partial charge in [0.2, 0.25) is 0 Å². The van der Waals surface area contributed by atoms with Crippen LogP contribution in [-0.4, -0.2) is 11.7 Å². The summed E-state index contributed by atoms with van der Waals surface area (Å²) in [6, 6.07) is 9.11. The van der Waals surface area contributed by atoms with Crippen molar-refractivity contribution in [2.75, 3.05) is 4.90 Å². The Bertz CT molecular complexity index is 778. The van der Waals surface area contributed by atoms with Crippen LogP contribution in [0.15, 0.2) is 40.9 Å². The second-order valence-corrected chi connectivity index (χ2v) is 5.97. The summed E-state index contributed by atoms with van der Waals surface area (Å²) in [7, 11) is 0. The van der Waals surface area contributed by atoms with Crippen molar-refractivity contribution in [1.82, 2.24) is 0 Å². The fourth-order valence-corrected chi connectivity index (χ4v) is 2.85. The molecule has 0 fully saturated rings. The molecule has 0 aromatic heterocycles. The van der Waals surface area contributed by atoms with E-state index in [-0.39, 0.29) is 12.1 Å². The van der Waals surface area contributed by atoms with E-state index in [2.05, 4.69) is 15.9 Å². The molecular formula is C15H8BrClFNO2. The van der Waals surface area contributed by atoms with Gasteiger partial charge in [0, 0.05) is 15.1 Å². The van der Waals surface area contributed by atoms with Gasteiger partial charge in [-0.2, -0.15) is 0 Å². The van der Waals surface area contributed by atoms with Crippen molar-refractivity contribution >= 4 is 44.9 Å². The van der Waals surface area contributed by atoms with E-state index in [4.69, 9.17) is 11.6 Å². The Labute approximate surface area is 133 Å². The molecule has 0 saturated heterocycles. The van der Waals surface area contributed by atoms with E-state index in [1.807, 2.05) is 0 Å². The van der Waals surface area contributed by atoms with E-state index in [0.29, 0.717) is 20.7 Å². The minimum absolute atomic E-state index is 0.00945. The van der Waals surface area contributed by atoms with Gasteiger partial charge < -0.3 is 4.90 Å². The van der Waals surface area contributed by atoms with Crippen LogP contribution in [0.4, 0.5) is 10.1 Å². The number of anilines is 1. The maximum atomic E-state index is 13.8. The summed E-state index contributed by atoms with van der Waals surface area (Å²) in [6.07, 6.45) is 0. The minimum Gasteiger partial charge on any atom is -0.300 e. The normalized spacial score (nSPS) is 13.8. The first kappa shape index (κ1) is 14.2. The highest BCUT2D eigenvalue weighted by molar-refractivity contribution is 9.10. The number of benzene rings is 2. The highest BCUT2D eigenvalue weighted by atomic mass is 79.9. The van der Waals surface area contributed by atoms with Crippen molar-refractivity contribution in [3.63, 3.8) is 0 Å². The smallest absolute Gasteiger partial charge is 0.299 e. The lowest BCUT2D eigenvalue weighted by Gasteiger charge is -2.17. The van der Waals surface area contributed by atoms with Gasteiger partial charge in [-0.15, -0.1) is 0 Å². The molecule has 106 valence electrons.